The molecular weight excluding hydrogens is 208 g/mol. The first-order valence-electron chi connectivity index (χ1n) is 5.60. The molecule has 1 aliphatic heterocycles. The fourth-order valence-electron chi connectivity index (χ4n) is 2.29. The lowest BCUT2D eigenvalue weighted by molar-refractivity contribution is -0.122. The highest BCUT2D eigenvalue weighted by atomic mass is 16.6. The number of rotatable bonds is 1. The number of carbonyl (C=O) groups is 2. The monoisotopic (exact) mass is 226 g/mol. The van der Waals surface area contributed by atoms with E-state index in [0.717, 1.165) is 6.42 Å². The zero-order chi connectivity index (χ0) is 12.1. The van der Waals surface area contributed by atoms with Crippen molar-refractivity contribution < 1.29 is 14.3 Å². The average molecular weight is 226 g/mol. The first kappa shape index (κ1) is 11.2. The number of hydrogen-bond acceptors (Lipinski definition) is 3. The van der Waals surface area contributed by atoms with Gasteiger partial charge in [-0.15, -0.1) is 0 Å². The summed E-state index contributed by atoms with van der Waals surface area (Å²) in [6.07, 6.45) is 1.25. The number of likely N-dealkylation sites (tertiary alicyclic amines) is 1. The summed E-state index contributed by atoms with van der Waals surface area (Å²) < 4.78 is 5.28. The fraction of sp³-hybridized carbons (Fsp3) is 0.818. The molecule has 0 aromatic carbocycles. The van der Waals surface area contributed by atoms with Crippen molar-refractivity contribution in [2.24, 2.45) is 11.7 Å². The van der Waals surface area contributed by atoms with Gasteiger partial charge in [-0.25, -0.2) is 4.79 Å². The minimum absolute atomic E-state index is 0.173. The second-order valence-electron chi connectivity index (χ2n) is 5.60. The minimum atomic E-state index is -0.535. The first-order chi connectivity index (χ1) is 7.29. The molecule has 0 aromatic heterocycles. The van der Waals surface area contributed by atoms with Crippen LogP contribution in [0, 0.1) is 5.92 Å². The van der Waals surface area contributed by atoms with Gasteiger partial charge in [-0.3, -0.25) is 9.69 Å². The van der Waals surface area contributed by atoms with Crippen LogP contribution in [0.3, 0.4) is 0 Å². The van der Waals surface area contributed by atoms with Crippen molar-refractivity contribution in [3.8, 4) is 0 Å². The Labute approximate surface area is 94.9 Å². The highest BCUT2D eigenvalue weighted by molar-refractivity contribution is 5.85. The highest BCUT2D eigenvalue weighted by Gasteiger charge is 2.56. The van der Waals surface area contributed by atoms with Crippen molar-refractivity contribution in [1.82, 2.24) is 4.90 Å². The van der Waals surface area contributed by atoms with Gasteiger partial charge in [0.15, 0.2) is 0 Å². The molecular formula is C11H18N2O3. The summed E-state index contributed by atoms with van der Waals surface area (Å²) in [5, 5.41) is 0. The number of amides is 2. The predicted molar refractivity (Wildman–Crippen MR) is 57.6 cm³/mol. The zero-order valence-electron chi connectivity index (χ0n) is 9.90. The van der Waals surface area contributed by atoms with E-state index in [9.17, 15) is 9.59 Å². The van der Waals surface area contributed by atoms with Crippen LogP contribution in [0.2, 0.25) is 0 Å². The lowest BCUT2D eigenvalue weighted by atomic mass is 10.1. The summed E-state index contributed by atoms with van der Waals surface area (Å²) in [6, 6.07) is -0.300. The van der Waals surface area contributed by atoms with E-state index in [4.69, 9.17) is 10.5 Å². The van der Waals surface area contributed by atoms with Gasteiger partial charge in [-0.05, 0) is 39.5 Å². The molecule has 2 amide bonds. The standard InChI is InChI=1S/C11H18N2O3/c1-11(2,3)16-10(15)13-7-4-6(7)5-8(13)9(12)14/h6-8H,4-5H2,1-3H3,(H2,12,14)/t6-,7?,8+/m0/s1. The van der Waals surface area contributed by atoms with Gasteiger partial charge in [0, 0.05) is 6.04 Å². The van der Waals surface area contributed by atoms with Gasteiger partial charge >= 0.3 is 6.09 Å². The molecule has 5 nitrogen and oxygen atoms in total. The Hall–Kier alpha value is -1.26. The maximum atomic E-state index is 11.9. The Morgan fingerprint density at radius 1 is 1.31 bits per heavy atom. The number of ether oxygens (including phenoxy) is 1. The van der Waals surface area contributed by atoms with Gasteiger partial charge in [0.05, 0.1) is 0 Å². The molecule has 3 atom stereocenters. The molecule has 90 valence electrons. The number of carbonyl (C=O) groups excluding carboxylic acids is 2. The maximum Gasteiger partial charge on any atom is 0.411 e. The Bertz CT molecular complexity index is 335. The Balaban J connectivity index is 2.07. The van der Waals surface area contributed by atoms with Gasteiger partial charge in [0.2, 0.25) is 5.91 Å². The van der Waals surface area contributed by atoms with Crippen molar-refractivity contribution in [2.75, 3.05) is 0 Å². The molecule has 2 aliphatic rings. The number of nitrogens with zero attached hydrogens (tertiary/aromatic N) is 1. The van der Waals surface area contributed by atoms with Crippen LogP contribution >= 0.6 is 0 Å². The molecule has 1 aliphatic carbocycles. The highest BCUT2D eigenvalue weighted by Crippen LogP contribution is 2.48. The lowest BCUT2D eigenvalue weighted by Gasteiger charge is -2.28. The van der Waals surface area contributed by atoms with E-state index in [1.807, 2.05) is 20.8 Å². The first-order valence-corrected chi connectivity index (χ1v) is 5.60. The number of nitrogens with two attached hydrogens (primary N) is 1. The van der Waals surface area contributed by atoms with Crippen LogP contribution in [0.15, 0.2) is 0 Å². The average Bonchev–Trinajstić information content (AvgIpc) is 2.73. The summed E-state index contributed by atoms with van der Waals surface area (Å²) in [7, 11) is 0. The molecule has 2 N–H and O–H groups in total. The number of hydrogen-bond donors (Lipinski definition) is 1. The van der Waals surface area contributed by atoms with Crippen LogP contribution in [0.1, 0.15) is 33.6 Å². The molecule has 2 fully saturated rings. The second kappa shape index (κ2) is 3.37. The number of primary amides is 1. The van der Waals surface area contributed by atoms with E-state index in [0.29, 0.717) is 12.3 Å². The lowest BCUT2D eigenvalue weighted by Crippen LogP contribution is -2.47. The normalized spacial score (nSPS) is 32.2. The topological polar surface area (TPSA) is 72.6 Å². The van der Waals surface area contributed by atoms with Crippen molar-refractivity contribution in [3.05, 3.63) is 0 Å². The summed E-state index contributed by atoms with van der Waals surface area (Å²) >= 11 is 0. The molecule has 16 heavy (non-hydrogen) atoms. The summed E-state index contributed by atoms with van der Waals surface area (Å²) in [5.74, 6) is 0.0167. The van der Waals surface area contributed by atoms with Crippen LogP contribution in [0.25, 0.3) is 0 Å². The summed E-state index contributed by atoms with van der Waals surface area (Å²) in [5.41, 5.74) is 4.75. The van der Waals surface area contributed by atoms with Crippen molar-refractivity contribution in [1.29, 1.82) is 0 Å². The largest absolute Gasteiger partial charge is 0.444 e. The molecule has 1 saturated carbocycles. The fourth-order valence-corrected chi connectivity index (χ4v) is 2.29. The zero-order valence-corrected chi connectivity index (χ0v) is 9.90. The molecule has 5 heteroatoms. The molecule has 0 radical (unpaired) electrons. The van der Waals surface area contributed by atoms with E-state index in [1.54, 1.807) is 0 Å². The molecule has 0 aromatic rings. The quantitative estimate of drug-likeness (QED) is 0.721. The van der Waals surface area contributed by atoms with E-state index < -0.39 is 23.6 Å². The van der Waals surface area contributed by atoms with E-state index in [1.165, 1.54) is 4.90 Å². The van der Waals surface area contributed by atoms with E-state index in [-0.39, 0.29) is 6.04 Å². The maximum absolute atomic E-state index is 11.9. The molecule has 1 saturated heterocycles. The number of fused-ring (bicyclic) bond motifs is 1. The molecule has 1 heterocycles. The van der Waals surface area contributed by atoms with Crippen LogP contribution in [0.5, 0.6) is 0 Å². The Kier molecular flexibility index (Phi) is 2.36. The third-order valence-corrected chi connectivity index (χ3v) is 3.04. The molecule has 2 rings (SSSR count). The van der Waals surface area contributed by atoms with Gasteiger partial charge in [-0.2, -0.15) is 0 Å². The Morgan fingerprint density at radius 3 is 2.44 bits per heavy atom. The third kappa shape index (κ3) is 1.99. The third-order valence-electron chi connectivity index (χ3n) is 3.04. The van der Waals surface area contributed by atoms with Gasteiger partial charge in [-0.1, -0.05) is 0 Å². The van der Waals surface area contributed by atoms with Crippen LogP contribution in [-0.2, 0) is 9.53 Å². The predicted octanol–water partition coefficient (Wildman–Crippen LogP) is 0.870. The summed E-state index contributed by atoms with van der Waals surface area (Å²) in [6.45, 7) is 5.43. The van der Waals surface area contributed by atoms with Gasteiger partial charge in [0.25, 0.3) is 0 Å². The summed E-state index contributed by atoms with van der Waals surface area (Å²) in [4.78, 5) is 24.7. The van der Waals surface area contributed by atoms with Crippen LogP contribution in [0.4, 0.5) is 4.79 Å². The SMILES string of the molecule is CC(C)(C)OC(=O)N1C2C[C@H]2C[C@@H]1C(N)=O. The molecule has 1 unspecified atom stereocenters. The minimum Gasteiger partial charge on any atom is -0.444 e. The second-order valence-corrected chi connectivity index (χ2v) is 5.60. The van der Waals surface area contributed by atoms with Crippen LogP contribution < -0.4 is 5.73 Å². The molecule has 0 bridgehead atoms. The van der Waals surface area contributed by atoms with E-state index >= 15 is 0 Å². The Morgan fingerprint density at radius 2 is 1.94 bits per heavy atom. The van der Waals surface area contributed by atoms with Crippen LogP contribution in [-0.4, -0.2) is 34.6 Å². The van der Waals surface area contributed by atoms with Crippen molar-refractivity contribution >= 4 is 12.0 Å². The smallest absolute Gasteiger partial charge is 0.411 e. The van der Waals surface area contributed by atoms with Crippen molar-refractivity contribution in [2.45, 2.75) is 51.3 Å². The molecule has 0 spiro atoms. The van der Waals surface area contributed by atoms with Crippen molar-refractivity contribution in [3.63, 3.8) is 0 Å². The van der Waals surface area contributed by atoms with Gasteiger partial charge < -0.3 is 10.5 Å². The number of piperidine rings is 1. The van der Waals surface area contributed by atoms with E-state index in [2.05, 4.69) is 0 Å². The van der Waals surface area contributed by atoms with Gasteiger partial charge in [0.1, 0.15) is 11.6 Å².